The number of hydrogen-bond donors (Lipinski definition) is 0. The van der Waals surface area contributed by atoms with Gasteiger partial charge in [0.25, 0.3) is 5.97 Å². The Balaban J connectivity index is -0.0000000875. The van der Waals surface area contributed by atoms with Gasteiger partial charge in [-0.3, -0.25) is 22.8 Å². The predicted octanol–water partition coefficient (Wildman–Crippen LogP) is -1.33. The third-order valence-electron chi connectivity index (χ3n) is 0.725. The number of esters is 2. The second-order valence-corrected chi connectivity index (χ2v) is 3.63. The fourth-order valence-corrected chi connectivity index (χ4v) is 0.485. The van der Waals surface area contributed by atoms with Crippen LogP contribution in [0.25, 0.3) is 0 Å². The molecule has 0 spiro atoms. The average Bonchev–Trinajstić information content (AvgIpc) is 2.00. The first-order chi connectivity index (χ1) is 7.60. The van der Waals surface area contributed by atoms with Gasteiger partial charge in [-0.15, -0.1) is 0 Å². The van der Waals surface area contributed by atoms with Crippen molar-refractivity contribution in [2.24, 2.45) is 0 Å². The van der Waals surface area contributed by atoms with E-state index in [0.29, 0.717) is 0 Å². The van der Waals surface area contributed by atoms with Crippen molar-refractivity contribution in [1.82, 2.24) is 0 Å². The van der Waals surface area contributed by atoms with Gasteiger partial charge in [-0.2, -0.15) is 6.92 Å². The van der Waals surface area contributed by atoms with Crippen LogP contribution in [0.3, 0.4) is 0 Å². The van der Waals surface area contributed by atoms with Crippen molar-refractivity contribution < 1.29 is 75.2 Å². The van der Waals surface area contributed by atoms with Crippen LogP contribution < -0.4 is 51.4 Å². The van der Waals surface area contributed by atoms with Crippen LogP contribution >= 0.6 is 0 Å². The number of carbonyl (C=O) groups excluding carboxylic acids is 3. The van der Waals surface area contributed by atoms with E-state index in [9.17, 15) is 9.59 Å². The van der Waals surface area contributed by atoms with Crippen molar-refractivity contribution in [2.45, 2.75) is 40.2 Å². The molecule has 0 aliphatic rings. The molecule has 0 aromatic heterocycles. The number of hydrogen-bond acceptors (Lipinski definition) is 5. The van der Waals surface area contributed by atoms with Gasteiger partial charge in [-0.25, -0.2) is 0 Å². The molecule has 0 fully saturated rings. The number of carbonyl (C=O) groups is 2. The first-order valence-electron chi connectivity index (χ1n) is 4.87. The van der Waals surface area contributed by atoms with Gasteiger partial charge >= 0.3 is 51.4 Å². The topological polar surface area (TPSA) is 69.7 Å². The van der Waals surface area contributed by atoms with Crippen LogP contribution in [-0.4, -0.2) is 30.4 Å². The quantitative estimate of drug-likeness (QED) is 0.339. The largest absolute Gasteiger partial charge is 1.00 e. The molecule has 0 saturated heterocycles. The van der Waals surface area contributed by atoms with Crippen LogP contribution in [0.4, 0.5) is 0 Å². The van der Waals surface area contributed by atoms with Gasteiger partial charge in [0.15, 0.2) is 5.97 Å². The summed E-state index contributed by atoms with van der Waals surface area (Å²) in [6, 6.07) is 0. The Morgan fingerprint density at radius 3 is 1.61 bits per heavy atom. The zero-order chi connectivity index (χ0) is 14.5. The third-order valence-corrected chi connectivity index (χ3v) is 0.725. The molecule has 102 valence electrons. The summed E-state index contributed by atoms with van der Waals surface area (Å²) in [5, 5.41) is 0. The van der Waals surface area contributed by atoms with Gasteiger partial charge in [0.05, 0.1) is 0 Å². The molecule has 6 heteroatoms. The monoisotopic (exact) mass is 284 g/mol. The van der Waals surface area contributed by atoms with Crippen LogP contribution in [0.5, 0.6) is 0 Å². The van der Waals surface area contributed by atoms with Gasteiger partial charge in [0, 0.05) is 6.92 Å². The molecule has 5 nitrogen and oxygen atoms in total. The van der Waals surface area contributed by atoms with Crippen LogP contribution in [-0.2, 0) is 23.9 Å². The first-order valence-corrected chi connectivity index (χ1v) is 4.87. The van der Waals surface area contributed by atoms with E-state index in [1.165, 1.54) is 20.1 Å². The van der Waals surface area contributed by atoms with E-state index in [4.69, 9.17) is 4.79 Å². The Bertz CT molecular complexity index is 221. The van der Waals surface area contributed by atoms with Crippen molar-refractivity contribution in [3.05, 3.63) is 13.8 Å². The molecule has 0 heterocycles. The Labute approximate surface area is 152 Å². The van der Waals surface area contributed by atoms with E-state index in [2.05, 4.69) is 23.3 Å². The fraction of sp³-hybridized carbons (Fsp3) is 0.583. The maximum absolute atomic E-state index is 10.1. The maximum atomic E-state index is 10.1. The maximum Gasteiger partial charge on any atom is 1.00 e. The minimum atomic E-state index is -0.475. The second-order valence-electron chi connectivity index (χ2n) is 3.63. The van der Waals surface area contributed by atoms with Crippen LogP contribution in [0.1, 0.15) is 34.6 Å². The molecule has 18 heavy (non-hydrogen) atoms. The van der Waals surface area contributed by atoms with Gasteiger partial charge in [0.1, 0.15) is 5.60 Å². The average molecular weight is 284 g/mol. The Morgan fingerprint density at radius 2 is 1.61 bits per heavy atom. The molecular formula is C12H21KO5-2. The Hall–Kier alpha value is 0.116. The summed E-state index contributed by atoms with van der Waals surface area (Å²) in [4.78, 5) is 28.6. The molecule has 0 aliphatic carbocycles. The van der Waals surface area contributed by atoms with Gasteiger partial charge < -0.3 is 21.2 Å². The second kappa shape index (κ2) is 17.1. The summed E-state index contributed by atoms with van der Waals surface area (Å²) in [5.41, 5.74) is -0.390. The summed E-state index contributed by atoms with van der Waals surface area (Å²) in [6.07, 6.45) is 1.50. The number of ether oxygens (including phenoxy) is 2. The van der Waals surface area contributed by atoms with E-state index < -0.39 is 11.6 Å². The summed E-state index contributed by atoms with van der Waals surface area (Å²) in [7, 11) is 0. The summed E-state index contributed by atoms with van der Waals surface area (Å²) in [6.45, 7) is 14.7. The van der Waals surface area contributed by atoms with E-state index in [0.717, 1.165) is 0 Å². The van der Waals surface area contributed by atoms with Crippen LogP contribution in [0.2, 0.25) is 0 Å². The Kier molecular flexibility index (Phi) is 25.3. The van der Waals surface area contributed by atoms with Gasteiger partial charge in [-0.1, -0.05) is 0 Å². The third kappa shape index (κ3) is 55.9. The molecule has 0 rings (SSSR count). The first kappa shape index (κ1) is 26.6. The van der Waals surface area contributed by atoms with Crippen molar-refractivity contribution in [3.63, 3.8) is 0 Å². The fourth-order valence-electron chi connectivity index (χ4n) is 0.485. The van der Waals surface area contributed by atoms with Crippen LogP contribution in [0.15, 0.2) is 0 Å². The smallest absolute Gasteiger partial charge is 0.542 e. The molecule has 0 aromatic rings. The van der Waals surface area contributed by atoms with Crippen molar-refractivity contribution in [2.75, 3.05) is 6.61 Å². The standard InChI is InChI=1S/C6H11O2.C4H7O2.C2H3O.K/c1-5(7)8-6(2,3)4;1-3-6-4(2)5;1-2-3;/h1H2,2-4H3;1,3H2,2H3;1H3;/q3*-1;+1. The number of rotatable bonds is 1. The van der Waals surface area contributed by atoms with Crippen molar-refractivity contribution in [3.8, 4) is 0 Å². The molecule has 0 radical (unpaired) electrons. The zero-order valence-corrected chi connectivity index (χ0v) is 15.3. The molecule has 0 bridgehead atoms. The zero-order valence-electron chi connectivity index (χ0n) is 12.2. The van der Waals surface area contributed by atoms with Crippen molar-refractivity contribution in [1.29, 1.82) is 0 Å². The van der Waals surface area contributed by atoms with E-state index in [1.54, 1.807) is 20.8 Å². The van der Waals surface area contributed by atoms with Gasteiger partial charge in [0.2, 0.25) is 0 Å². The van der Waals surface area contributed by atoms with E-state index in [-0.39, 0.29) is 64.0 Å². The SMILES string of the molecule is C[C-]=O.[CH2-]C(=O)OC(C)(C)C.[CH2-]COC(C)=O.[K+]. The molecule has 0 atom stereocenters. The minimum Gasteiger partial charge on any atom is -0.542 e. The van der Waals surface area contributed by atoms with Crippen molar-refractivity contribution >= 4 is 18.2 Å². The molecule has 0 unspecified atom stereocenters. The molecule has 0 aliphatic heterocycles. The normalized spacial score (nSPS) is 8.11. The summed E-state index contributed by atoms with van der Waals surface area (Å²) in [5.74, 6) is -0.748. The van der Waals surface area contributed by atoms with Crippen LogP contribution in [0, 0.1) is 13.8 Å². The minimum absolute atomic E-state index is 0. The van der Waals surface area contributed by atoms with E-state index >= 15 is 0 Å². The molecule has 0 saturated carbocycles. The summed E-state index contributed by atoms with van der Waals surface area (Å²) >= 11 is 0. The molecule has 0 amide bonds. The van der Waals surface area contributed by atoms with Gasteiger partial charge in [-0.05, 0) is 27.4 Å². The Morgan fingerprint density at radius 1 is 1.28 bits per heavy atom. The molecule has 0 aromatic carbocycles. The summed E-state index contributed by atoms with van der Waals surface area (Å²) < 4.78 is 8.98. The van der Waals surface area contributed by atoms with E-state index in [1.807, 2.05) is 0 Å². The molecule has 0 N–H and O–H groups in total. The molecular weight excluding hydrogens is 263 g/mol. The predicted molar refractivity (Wildman–Crippen MR) is 64.6 cm³/mol.